The highest BCUT2D eigenvalue weighted by atomic mass is 16.6. The van der Waals surface area contributed by atoms with Crippen LogP contribution in [0.4, 0.5) is 0 Å². The van der Waals surface area contributed by atoms with Gasteiger partial charge in [-0.05, 0) is 0 Å². The van der Waals surface area contributed by atoms with E-state index in [-0.39, 0.29) is 13.0 Å². The first-order chi connectivity index (χ1) is 10.7. The maximum absolute atomic E-state index is 11.2. The van der Waals surface area contributed by atoms with Gasteiger partial charge in [0, 0.05) is 27.2 Å². The molecule has 1 rings (SSSR count). The summed E-state index contributed by atoms with van der Waals surface area (Å²) in [6.45, 7) is 3.46. The van der Waals surface area contributed by atoms with Crippen molar-refractivity contribution < 1.29 is 43.2 Å². The standard InChI is InChI=1S/C14H20O9/c1-7(15)20-6-10-4-11(21-8(2)16)14(22-9(3)17)12(23-10)5-13(18)19/h10-12,14H,4-6H2,1-3H3,(H,18,19). The lowest BCUT2D eigenvalue weighted by atomic mass is 9.95. The second-order valence-corrected chi connectivity index (χ2v) is 5.15. The highest BCUT2D eigenvalue weighted by Crippen LogP contribution is 2.28. The molecule has 1 heterocycles. The van der Waals surface area contributed by atoms with Crippen molar-refractivity contribution in [1.82, 2.24) is 0 Å². The Kier molecular flexibility index (Phi) is 6.95. The Balaban J connectivity index is 2.92. The van der Waals surface area contributed by atoms with E-state index in [0.29, 0.717) is 0 Å². The molecule has 0 amide bonds. The van der Waals surface area contributed by atoms with E-state index in [4.69, 9.17) is 24.1 Å². The first kappa shape index (κ1) is 18.9. The first-order valence-electron chi connectivity index (χ1n) is 7.04. The van der Waals surface area contributed by atoms with Gasteiger partial charge < -0.3 is 24.1 Å². The lowest BCUT2D eigenvalue weighted by Gasteiger charge is -2.39. The van der Waals surface area contributed by atoms with Crippen LogP contribution in [0.1, 0.15) is 33.6 Å². The first-order valence-corrected chi connectivity index (χ1v) is 7.04. The van der Waals surface area contributed by atoms with E-state index in [1.54, 1.807) is 0 Å². The van der Waals surface area contributed by atoms with Crippen LogP contribution in [-0.4, -0.2) is 60.0 Å². The van der Waals surface area contributed by atoms with Crippen molar-refractivity contribution in [2.75, 3.05) is 6.61 Å². The maximum Gasteiger partial charge on any atom is 0.306 e. The fourth-order valence-corrected chi connectivity index (χ4v) is 2.34. The molecule has 1 aliphatic heterocycles. The van der Waals surface area contributed by atoms with E-state index >= 15 is 0 Å². The number of carbonyl (C=O) groups excluding carboxylic acids is 3. The lowest BCUT2D eigenvalue weighted by molar-refractivity contribution is -0.214. The Hall–Kier alpha value is -2.16. The number of hydrogen-bond acceptors (Lipinski definition) is 8. The Morgan fingerprint density at radius 2 is 1.65 bits per heavy atom. The smallest absolute Gasteiger partial charge is 0.306 e. The second kappa shape index (κ2) is 8.47. The highest BCUT2D eigenvalue weighted by Gasteiger charge is 2.44. The van der Waals surface area contributed by atoms with Crippen LogP contribution in [0.2, 0.25) is 0 Å². The summed E-state index contributed by atoms with van der Waals surface area (Å²) in [6, 6.07) is 0. The van der Waals surface area contributed by atoms with Gasteiger partial charge in [-0.3, -0.25) is 19.2 Å². The molecule has 4 atom stereocenters. The molecule has 0 saturated carbocycles. The van der Waals surface area contributed by atoms with Crippen molar-refractivity contribution in [1.29, 1.82) is 0 Å². The molecule has 23 heavy (non-hydrogen) atoms. The number of hydrogen-bond donors (Lipinski definition) is 1. The normalized spacial score (nSPS) is 26.9. The summed E-state index contributed by atoms with van der Waals surface area (Å²) in [4.78, 5) is 44.4. The zero-order valence-electron chi connectivity index (χ0n) is 13.1. The quantitative estimate of drug-likeness (QED) is 0.530. The van der Waals surface area contributed by atoms with Gasteiger partial charge in [0.2, 0.25) is 0 Å². The molecule has 0 spiro atoms. The summed E-state index contributed by atoms with van der Waals surface area (Å²) in [5.74, 6) is -2.93. The Labute approximate surface area is 132 Å². The molecule has 130 valence electrons. The predicted molar refractivity (Wildman–Crippen MR) is 73.3 cm³/mol. The van der Waals surface area contributed by atoms with E-state index in [2.05, 4.69) is 0 Å². The summed E-state index contributed by atoms with van der Waals surface area (Å²) in [7, 11) is 0. The van der Waals surface area contributed by atoms with Gasteiger partial charge in [-0.25, -0.2) is 0 Å². The molecule has 1 saturated heterocycles. The third kappa shape index (κ3) is 6.64. The third-order valence-electron chi connectivity index (χ3n) is 3.06. The summed E-state index contributed by atoms with van der Waals surface area (Å²) >= 11 is 0. The number of carbonyl (C=O) groups is 4. The van der Waals surface area contributed by atoms with Crippen LogP contribution in [-0.2, 0) is 38.1 Å². The fourth-order valence-electron chi connectivity index (χ4n) is 2.34. The van der Waals surface area contributed by atoms with Crippen LogP contribution >= 0.6 is 0 Å². The number of carboxylic acid groups (broad SMARTS) is 1. The SMILES string of the molecule is CC(=O)OCC1CC(OC(C)=O)C(OC(C)=O)C(CC(=O)O)O1. The summed E-state index contributed by atoms with van der Waals surface area (Å²) in [6.07, 6.45) is -3.95. The Morgan fingerprint density at radius 3 is 2.13 bits per heavy atom. The zero-order valence-corrected chi connectivity index (χ0v) is 13.1. The Morgan fingerprint density at radius 1 is 1.04 bits per heavy atom. The highest BCUT2D eigenvalue weighted by molar-refractivity contribution is 5.69. The van der Waals surface area contributed by atoms with Crippen molar-refractivity contribution >= 4 is 23.9 Å². The van der Waals surface area contributed by atoms with E-state index in [9.17, 15) is 19.2 Å². The molecule has 1 fully saturated rings. The minimum absolute atomic E-state index is 0.112. The maximum atomic E-state index is 11.2. The van der Waals surface area contributed by atoms with Crippen molar-refractivity contribution in [2.45, 2.75) is 58.0 Å². The van der Waals surface area contributed by atoms with Crippen molar-refractivity contribution in [3.8, 4) is 0 Å². The van der Waals surface area contributed by atoms with Gasteiger partial charge >= 0.3 is 23.9 Å². The van der Waals surface area contributed by atoms with Gasteiger partial charge in [-0.2, -0.15) is 0 Å². The molecular weight excluding hydrogens is 312 g/mol. The summed E-state index contributed by atoms with van der Waals surface area (Å²) in [5.41, 5.74) is 0. The van der Waals surface area contributed by atoms with E-state index in [0.717, 1.165) is 6.92 Å². The van der Waals surface area contributed by atoms with Gasteiger partial charge in [-0.15, -0.1) is 0 Å². The number of ether oxygens (including phenoxy) is 4. The molecule has 1 N–H and O–H groups in total. The van der Waals surface area contributed by atoms with Gasteiger partial charge in [0.05, 0.1) is 12.5 Å². The lowest BCUT2D eigenvalue weighted by Crippen LogP contribution is -2.53. The molecule has 0 aliphatic carbocycles. The van der Waals surface area contributed by atoms with Crippen LogP contribution in [0, 0.1) is 0 Å². The van der Waals surface area contributed by atoms with Crippen LogP contribution in [0.25, 0.3) is 0 Å². The third-order valence-corrected chi connectivity index (χ3v) is 3.06. The van der Waals surface area contributed by atoms with Crippen molar-refractivity contribution in [3.63, 3.8) is 0 Å². The number of carboxylic acids is 1. The van der Waals surface area contributed by atoms with Gasteiger partial charge in [0.1, 0.15) is 18.8 Å². The number of esters is 3. The van der Waals surface area contributed by atoms with Crippen molar-refractivity contribution in [3.05, 3.63) is 0 Å². The number of aliphatic carboxylic acids is 1. The molecule has 9 heteroatoms. The molecule has 0 aromatic heterocycles. The average Bonchev–Trinajstić information content (AvgIpc) is 2.38. The largest absolute Gasteiger partial charge is 0.481 e. The Bertz CT molecular complexity index is 447. The van der Waals surface area contributed by atoms with Gasteiger partial charge in [0.25, 0.3) is 0 Å². The van der Waals surface area contributed by atoms with Gasteiger partial charge in [0.15, 0.2) is 6.10 Å². The molecule has 1 aliphatic rings. The molecule has 4 unspecified atom stereocenters. The van der Waals surface area contributed by atoms with Crippen LogP contribution in [0.5, 0.6) is 0 Å². The number of rotatable bonds is 6. The molecule has 0 radical (unpaired) electrons. The van der Waals surface area contributed by atoms with E-state index in [1.165, 1.54) is 13.8 Å². The molecule has 0 aromatic rings. The monoisotopic (exact) mass is 332 g/mol. The molecular formula is C14H20O9. The zero-order chi connectivity index (χ0) is 17.6. The predicted octanol–water partition coefficient (Wildman–Crippen LogP) is 0.0451. The fraction of sp³-hybridized carbons (Fsp3) is 0.714. The van der Waals surface area contributed by atoms with Crippen LogP contribution < -0.4 is 0 Å². The molecule has 0 aromatic carbocycles. The van der Waals surface area contributed by atoms with E-state index < -0.39 is 54.7 Å². The minimum Gasteiger partial charge on any atom is -0.481 e. The molecule has 9 nitrogen and oxygen atoms in total. The second-order valence-electron chi connectivity index (χ2n) is 5.15. The van der Waals surface area contributed by atoms with Crippen LogP contribution in [0.15, 0.2) is 0 Å². The van der Waals surface area contributed by atoms with E-state index in [1.807, 2.05) is 0 Å². The minimum atomic E-state index is -1.16. The van der Waals surface area contributed by atoms with Crippen molar-refractivity contribution in [2.24, 2.45) is 0 Å². The average molecular weight is 332 g/mol. The molecule has 0 bridgehead atoms. The van der Waals surface area contributed by atoms with Crippen LogP contribution in [0.3, 0.4) is 0 Å². The van der Waals surface area contributed by atoms with Gasteiger partial charge in [-0.1, -0.05) is 0 Å². The topological polar surface area (TPSA) is 125 Å². The summed E-state index contributed by atoms with van der Waals surface area (Å²) < 4.78 is 20.6. The summed E-state index contributed by atoms with van der Waals surface area (Å²) in [5, 5.41) is 8.98.